The average Bonchev–Trinajstić information content (AvgIpc) is 3.89. The number of imidazole rings is 1. The second-order valence-electron chi connectivity index (χ2n) is 13.5. The predicted octanol–water partition coefficient (Wildman–Crippen LogP) is 3.76. The SMILES string of the molecule is Cc1nc2c(ncn2[C@@H]2O[C@H](COP(C)(=O)C[C@@H]3C(C)[C@H](n4ccc5c(NC(=O)c6ccccc6)ncnc54)O[C@@H]3CO)[C@H](C)C2O[P+](=O)O)c(=O)[nH]1. The summed E-state index contributed by atoms with van der Waals surface area (Å²) >= 11 is 0. The normalized spacial score (nSPS) is 27.3. The molecular formula is C33H39N8O10P2+. The van der Waals surface area contributed by atoms with Gasteiger partial charge in [-0.15, -0.1) is 9.42 Å². The van der Waals surface area contributed by atoms with Crippen LogP contribution in [0.5, 0.6) is 0 Å². The Morgan fingerprint density at radius 3 is 2.55 bits per heavy atom. The number of aromatic nitrogens is 7. The highest BCUT2D eigenvalue weighted by molar-refractivity contribution is 7.58. The number of aromatic amines is 1. The van der Waals surface area contributed by atoms with Gasteiger partial charge in [-0.3, -0.25) is 18.7 Å². The van der Waals surface area contributed by atoms with Crippen molar-refractivity contribution >= 4 is 49.5 Å². The maximum Gasteiger partial charge on any atom is 0.695 e. The first-order valence-corrected chi connectivity index (χ1v) is 20.3. The van der Waals surface area contributed by atoms with Crippen LogP contribution in [-0.2, 0) is 27.7 Å². The molecule has 0 bridgehead atoms. The Morgan fingerprint density at radius 1 is 1.06 bits per heavy atom. The van der Waals surface area contributed by atoms with Crippen LogP contribution in [0.15, 0.2) is 60.0 Å². The van der Waals surface area contributed by atoms with Gasteiger partial charge in [-0.05, 0) is 25.1 Å². The number of ether oxygens (including phenoxy) is 2. The molecule has 1 amide bonds. The van der Waals surface area contributed by atoms with E-state index in [1.165, 1.54) is 23.9 Å². The van der Waals surface area contributed by atoms with Gasteiger partial charge in [0.15, 0.2) is 23.5 Å². The van der Waals surface area contributed by atoms with Gasteiger partial charge in [0, 0.05) is 46.9 Å². The van der Waals surface area contributed by atoms with Crippen LogP contribution in [0.3, 0.4) is 0 Å². The number of hydrogen-bond acceptors (Lipinski definition) is 13. The predicted molar refractivity (Wildman–Crippen MR) is 191 cm³/mol. The Balaban J connectivity index is 1.05. The summed E-state index contributed by atoms with van der Waals surface area (Å²) in [6, 6.07) is 10.6. The van der Waals surface area contributed by atoms with E-state index in [-0.39, 0.29) is 48.3 Å². The fourth-order valence-corrected chi connectivity index (χ4v) is 9.59. The third kappa shape index (κ3) is 7.33. The first-order chi connectivity index (χ1) is 25.3. The summed E-state index contributed by atoms with van der Waals surface area (Å²) in [4.78, 5) is 54.8. The molecule has 2 fully saturated rings. The first-order valence-electron chi connectivity index (χ1n) is 16.9. The second-order valence-corrected chi connectivity index (χ2v) is 16.8. The minimum Gasteiger partial charge on any atom is -0.394 e. The zero-order valence-corrected chi connectivity index (χ0v) is 31.0. The molecule has 20 heteroatoms. The molecule has 2 aliphatic rings. The fourth-order valence-electron chi connectivity index (χ4n) is 7.19. The number of benzene rings is 1. The number of hydrogen-bond donors (Lipinski definition) is 4. The molecule has 53 heavy (non-hydrogen) atoms. The molecule has 2 saturated heterocycles. The summed E-state index contributed by atoms with van der Waals surface area (Å²) < 4.78 is 53.2. The van der Waals surface area contributed by atoms with Crippen LogP contribution in [0.2, 0.25) is 0 Å². The molecule has 7 rings (SSSR count). The summed E-state index contributed by atoms with van der Waals surface area (Å²) in [7, 11) is -6.40. The third-order valence-corrected chi connectivity index (χ3v) is 12.1. The van der Waals surface area contributed by atoms with Crippen molar-refractivity contribution in [2.24, 2.45) is 17.8 Å². The summed E-state index contributed by atoms with van der Waals surface area (Å²) in [6.45, 7) is 6.36. The monoisotopic (exact) mass is 769 g/mol. The molecule has 0 saturated carbocycles. The molecule has 10 atom stereocenters. The van der Waals surface area contributed by atoms with Crippen molar-refractivity contribution in [3.63, 3.8) is 0 Å². The molecule has 0 aliphatic carbocycles. The van der Waals surface area contributed by atoms with Gasteiger partial charge in [-0.1, -0.05) is 32.0 Å². The van der Waals surface area contributed by atoms with Crippen LogP contribution >= 0.6 is 15.6 Å². The Kier molecular flexibility index (Phi) is 10.4. The molecule has 18 nitrogen and oxygen atoms in total. The molecule has 1 aromatic carbocycles. The van der Waals surface area contributed by atoms with Gasteiger partial charge >= 0.3 is 8.25 Å². The minimum absolute atomic E-state index is 0.0667. The first kappa shape index (κ1) is 37.1. The Bertz CT molecular complexity index is 2260. The van der Waals surface area contributed by atoms with Crippen LogP contribution in [-0.4, -0.2) is 94.3 Å². The van der Waals surface area contributed by atoms with Crippen molar-refractivity contribution in [1.82, 2.24) is 34.1 Å². The smallest absolute Gasteiger partial charge is 0.394 e. The lowest BCUT2D eigenvalue weighted by atomic mass is 9.93. The van der Waals surface area contributed by atoms with Gasteiger partial charge in [0.1, 0.15) is 29.8 Å². The standard InChI is InChI=1S/C33H38N8O10P2/c1-17-22(23(12-42)49-32(17)40-11-10-21-27(34-15-35-28(21)40)39-30(43)20-8-6-5-7-9-20)14-53(4,47)48-13-24-18(2)26(51-52(45)46)33(50-24)41-16-36-25-29(41)37-19(3)38-31(25)44/h5-11,15-18,22-24,26,32-33,42H,12-14H2,1-4H3,(H2-,34,35,37,38,39,43,44,45,46)/p+1/t17?,18-,22+,23+,24+,26?,32+,33+,53?/m0/s1. The maximum atomic E-state index is 14.1. The highest BCUT2D eigenvalue weighted by Crippen LogP contribution is 2.52. The van der Waals surface area contributed by atoms with Crippen molar-refractivity contribution in [3.05, 3.63) is 77.0 Å². The number of rotatable bonds is 12. The van der Waals surface area contributed by atoms with E-state index in [1.54, 1.807) is 50.4 Å². The number of aliphatic hydroxyl groups is 1. The maximum absolute atomic E-state index is 14.1. The van der Waals surface area contributed by atoms with E-state index in [0.717, 1.165) is 0 Å². The second kappa shape index (κ2) is 14.9. The Labute approximate surface area is 303 Å². The number of amides is 1. The topological polar surface area (TPSA) is 235 Å². The summed E-state index contributed by atoms with van der Waals surface area (Å²) in [5.41, 5.74) is 0.822. The van der Waals surface area contributed by atoms with E-state index >= 15 is 0 Å². The van der Waals surface area contributed by atoms with Gasteiger partial charge in [-0.25, -0.2) is 19.9 Å². The zero-order valence-electron chi connectivity index (χ0n) is 29.2. The number of H-pyrrole nitrogens is 1. The van der Waals surface area contributed by atoms with Gasteiger partial charge in [-0.2, -0.15) is 0 Å². The van der Waals surface area contributed by atoms with Crippen LogP contribution in [0.25, 0.3) is 22.2 Å². The molecule has 4 N–H and O–H groups in total. The molecule has 5 aromatic rings. The molecule has 0 spiro atoms. The highest BCUT2D eigenvalue weighted by Gasteiger charge is 2.50. The number of aliphatic hydroxyl groups excluding tert-OH is 1. The van der Waals surface area contributed by atoms with Gasteiger partial charge in [0.05, 0.1) is 37.1 Å². The fraction of sp³-hybridized carbons (Fsp3) is 0.455. The largest absolute Gasteiger partial charge is 0.695 e. The van der Waals surface area contributed by atoms with Gasteiger partial charge in [0.25, 0.3) is 11.5 Å². The van der Waals surface area contributed by atoms with Crippen molar-refractivity contribution in [3.8, 4) is 0 Å². The van der Waals surface area contributed by atoms with Crippen molar-refractivity contribution in [2.75, 3.05) is 31.4 Å². The lowest BCUT2D eigenvalue weighted by Crippen LogP contribution is -2.29. The number of carbonyl (C=O) groups is 1. The number of fused-ring (bicyclic) bond motifs is 2. The molecule has 4 aromatic heterocycles. The van der Waals surface area contributed by atoms with Crippen LogP contribution < -0.4 is 10.9 Å². The lowest BCUT2D eigenvalue weighted by Gasteiger charge is -2.25. The van der Waals surface area contributed by atoms with Crippen LogP contribution in [0, 0.1) is 24.7 Å². The quantitative estimate of drug-likeness (QED) is 0.132. The van der Waals surface area contributed by atoms with Crippen molar-refractivity contribution in [2.45, 2.75) is 51.5 Å². The van der Waals surface area contributed by atoms with E-state index in [2.05, 4.69) is 30.2 Å². The van der Waals surface area contributed by atoms with Gasteiger partial charge < -0.3 is 34.0 Å². The number of aryl methyl sites for hydroxylation is 1. The number of anilines is 1. The summed E-state index contributed by atoms with van der Waals surface area (Å²) in [5.74, 6) is -0.790. The molecule has 0 radical (unpaired) electrons. The lowest BCUT2D eigenvalue weighted by molar-refractivity contribution is -0.0416. The van der Waals surface area contributed by atoms with Crippen LogP contribution in [0.4, 0.5) is 5.82 Å². The third-order valence-electron chi connectivity index (χ3n) is 9.94. The van der Waals surface area contributed by atoms with Crippen molar-refractivity contribution < 1.29 is 42.4 Å². The van der Waals surface area contributed by atoms with E-state index < -0.39 is 57.9 Å². The zero-order chi connectivity index (χ0) is 37.6. The molecule has 4 unspecified atom stereocenters. The Morgan fingerprint density at radius 2 is 1.81 bits per heavy atom. The van der Waals surface area contributed by atoms with E-state index in [1.807, 2.05) is 17.6 Å². The molecular weight excluding hydrogens is 730 g/mol. The minimum atomic E-state index is -3.37. The average molecular weight is 770 g/mol. The summed E-state index contributed by atoms with van der Waals surface area (Å²) in [6.07, 6.45) is 0.636. The Hall–Kier alpha value is -4.25. The van der Waals surface area contributed by atoms with Gasteiger partial charge in [0.2, 0.25) is 7.37 Å². The summed E-state index contributed by atoms with van der Waals surface area (Å²) in [5, 5.41) is 13.8. The molecule has 280 valence electrons. The van der Waals surface area contributed by atoms with E-state index in [0.29, 0.717) is 28.2 Å². The number of nitrogens with zero attached hydrogens (tertiary/aromatic N) is 6. The number of carbonyl (C=O) groups excluding carboxylic acids is 1. The number of nitrogens with one attached hydrogen (secondary N) is 2. The van der Waals surface area contributed by atoms with E-state index in [9.17, 15) is 28.7 Å². The van der Waals surface area contributed by atoms with E-state index in [4.69, 9.17) is 18.5 Å². The van der Waals surface area contributed by atoms with Crippen LogP contribution in [0.1, 0.15) is 42.5 Å². The highest BCUT2D eigenvalue weighted by atomic mass is 31.2. The molecule has 2 aliphatic heterocycles. The van der Waals surface area contributed by atoms with Crippen molar-refractivity contribution in [1.29, 1.82) is 0 Å². The molecule has 6 heterocycles.